The highest BCUT2D eigenvalue weighted by atomic mass is 32.1. The normalized spacial score (nSPS) is 15.6. The van der Waals surface area contributed by atoms with E-state index in [1.165, 1.54) is 121 Å². The Hall–Kier alpha value is -5.32. The number of hydrogen-bond acceptors (Lipinski definition) is 2. The van der Waals surface area contributed by atoms with Crippen LogP contribution < -0.4 is 16.2 Å². The van der Waals surface area contributed by atoms with Gasteiger partial charge in [-0.15, -0.1) is 11.3 Å². The summed E-state index contributed by atoms with van der Waals surface area (Å²) in [5, 5.41) is 12.0. The molecular weight excluding hydrogens is 659 g/mol. The number of fused-ring (bicyclic) bond motifs is 10. The van der Waals surface area contributed by atoms with Crippen molar-refractivity contribution in [1.29, 1.82) is 0 Å². The van der Waals surface area contributed by atoms with Crippen LogP contribution in [-0.2, 0) is 10.8 Å². The number of benzene rings is 7. The molecule has 1 N–H and O–H groups in total. The highest BCUT2D eigenvalue weighted by Gasteiger charge is 2.39. The van der Waals surface area contributed by atoms with Gasteiger partial charge in [-0.2, -0.15) is 0 Å². The van der Waals surface area contributed by atoms with Crippen LogP contribution in [0.5, 0.6) is 0 Å². The molecular formula is C49H41BN2S. The molecule has 9 aromatic rings. The summed E-state index contributed by atoms with van der Waals surface area (Å²) in [6.07, 6.45) is 2.40. The number of aromatic nitrogens is 1. The van der Waals surface area contributed by atoms with Crippen LogP contribution in [0.1, 0.15) is 57.2 Å². The minimum atomic E-state index is 0.115. The van der Waals surface area contributed by atoms with E-state index in [-0.39, 0.29) is 10.8 Å². The lowest BCUT2D eigenvalue weighted by Crippen LogP contribution is -2.37. The molecule has 1 aliphatic heterocycles. The Morgan fingerprint density at radius 1 is 0.679 bits per heavy atom. The van der Waals surface area contributed by atoms with Gasteiger partial charge in [-0.25, -0.2) is 0 Å². The van der Waals surface area contributed by atoms with E-state index >= 15 is 0 Å². The van der Waals surface area contributed by atoms with Crippen molar-refractivity contribution in [2.75, 3.05) is 5.32 Å². The number of thiophene rings is 1. The lowest BCUT2D eigenvalue weighted by molar-refractivity contribution is 0.330. The molecule has 0 atom stereocenters. The molecule has 0 saturated carbocycles. The largest absolute Gasteiger partial charge is 0.354 e. The molecule has 256 valence electrons. The molecule has 3 heterocycles. The number of nitrogens with one attached hydrogen (secondary N) is 1. The molecule has 7 aromatic carbocycles. The van der Waals surface area contributed by atoms with Gasteiger partial charge < -0.3 is 9.88 Å². The zero-order chi connectivity index (χ0) is 35.8. The molecule has 0 fully saturated rings. The first-order valence-electron chi connectivity index (χ1n) is 19.1. The molecule has 2 aromatic heterocycles. The molecule has 4 heteroatoms. The minimum Gasteiger partial charge on any atom is -0.354 e. The Labute approximate surface area is 315 Å². The van der Waals surface area contributed by atoms with E-state index in [0.29, 0.717) is 0 Å². The fourth-order valence-corrected chi connectivity index (χ4v) is 11.3. The molecule has 0 spiro atoms. The lowest BCUT2D eigenvalue weighted by atomic mass is 9.58. The van der Waals surface area contributed by atoms with Crippen LogP contribution in [0.15, 0.2) is 121 Å². The van der Waals surface area contributed by atoms with Crippen LogP contribution in [0.2, 0.25) is 0 Å². The summed E-state index contributed by atoms with van der Waals surface area (Å²) in [4.78, 5) is 0. The van der Waals surface area contributed by atoms with Gasteiger partial charge in [0.25, 0.3) is 0 Å². The first-order valence-corrected chi connectivity index (χ1v) is 19.9. The summed E-state index contributed by atoms with van der Waals surface area (Å²) in [6, 6.07) is 45.8. The monoisotopic (exact) mass is 700 g/mol. The predicted octanol–water partition coefficient (Wildman–Crippen LogP) is 12.1. The molecule has 0 unspecified atom stereocenters. The zero-order valence-electron chi connectivity index (χ0n) is 31.0. The van der Waals surface area contributed by atoms with Crippen molar-refractivity contribution in [3.63, 3.8) is 0 Å². The van der Waals surface area contributed by atoms with Crippen LogP contribution in [-0.4, -0.2) is 11.8 Å². The van der Waals surface area contributed by atoms with Gasteiger partial charge >= 0.3 is 0 Å². The van der Waals surface area contributed by atoms with E-state index in [4.69, 9.17) is 0 Å². The second kappa shape index (κ2) is 10.9. The summed E-state index contributed by atoms with van der Waals surface area (Å²) >= 11 is 1.89. The van der Waals surface area contributed by atoms with E-state index in [0.717, 1.165) is 7.28 Å². The fourth-order valence-electron chi connectivity index (χ4n) is 10.2. The number of hydrogen-bond donors (Lipinski definition) is 1. The quantitative estimate of drug-likeness (QED) is 0.182. The maximum absolute atomic E-state index is 4.21. The number of anilines is 2. The predicted molar refractivity (Wildman–Crippen MR) is 233 cm³/mol. The molecule has 0 radical (unpaired) electrons. The lowest BCUT2D eigenvalue weighted by Gasteiger charge is -2.43. The third-order valence-electron chi connectivity index (χ3n) is 12.8. The maximum Gasteiger partial charge on any atom is 0.198 e. The van der Waals surface area contributed by atoms with E-state index < -0.39 is 0 Å². The second-order valence-electron chi connectivity index (χ2n) is 16.8. The Bertz CT molecular complexity index is 3030. The van der Waals surface area contributed by atoms with Gasteiger partial charge in [0.05, 0.1) is 11.2 Å². The summed E-state index contributed by atoms with van der Waals surface area (Å²) in [5.74, 6) is 0. The molecule has 0 saturated heterocycles. The maximum atomic E-state index is 4.21. The van der Waals surface area contributed by atoms with Crippen molar-refractivity contribution >= 4 is 93.7 Å². The van der Waals surface area contributed by atoms with Gasteiger partial charge in [0.1, 0.15) is 0 Å². The Morgan fingerprint density at radius 2 is 1.42 bits per heavy atom. The van der Waals surface area contributed by atoms with Gasteiger partial charge in [0.2, 0.25) is 0 Å². The summed E-state index contributed by atoms with van der Waals surface area (Å²) in [6.45, 7) is 12.1. The van der Waals surface area contributed by atoms with E-state index in [2.05, 4.69) is 166 Å². The van der Waals surface area contributed by atoms with Crippen LogP contribution in [0.25, 0.3) is 69.6 Å². The topological polar surface area (TPSA) is 17.0 Å². The van der Waals surface area contributed by atoms with E-state index in [1.54, 1.807) is 0 Å². The summed E-state index contributed by atoms with van der Waals surface area (Å²) in [5.41, 5.74) is 16.3. The van der Waals surface area contributed by atoms with Crippen molar-refractivity contribution in [3.8, 4) is 16.8 Å². The Balaban J connectivity index is 1.24. The molecule has 0 amide bonds. The van der Waals surface area contributed by atoms with Crippen molar-refractivity contribution < 1.29 is 0 Å². The smallest absolute Gasteiger partial charge is 0.198 e. The average Bonchev–Trinajstić information content (AvgIpc) is 3.71. The Kier molecular flexibility index (Phi) is 6.40. The second-order valence-corrected chi connectivity index (χ2v) is 17.9. The van der Waals surface area contributed by atoms with Crippen molar-refractivity contribution in [1.82, 2.24) is 4.57 Å². The first kappa shape index (κ1) is 31.2. The van der Waals surface area contributed by atoms with Crippen LogP contribution in [0.3, 0.4) is 0 Å². The molecule has 2 nitrogen and oxygen atoms in total. The molecule has 1 aliphatic carbocycles. The SMILES string of the molecule is Cc1c(Nc2c(-c3c4c(cc5ccccc35)-n3c5ccccc5c5cccc(c53)B4)ccc3sc4ccccc4c23)ccc2c1C(C)(C)CCC2(C)C. The minimum absolute atomic E-state index is 0.115. The van der Waals surface area contributed by atoms with Gasteiger partial charge in [0, 0.05) is 53.4 Å². The third-order valence-corrected chi connectivity index (χ3v) is 14.0. The van der Waals surface area contributed by atoms with Gasteiger partial charge in [-0.1, -0.05) is 124 Å². The van der Waals surface area contributed by atoms with Gasteiger partial charge in [-0.05, 0) is 99.4 Å². The number of rotatable bonds is 3. The number of para-hydroxylation sites is 2. The van der Waals surface area contributed by atoms with Crippen LogP contribution >= 0.6 is 11.3 Å². The zero-order valence-corrected chi connectivity index (χ0v) is 31.8. The van der Waals surface area contributed by atoms with Crippen molar-refractivity contribution in [2.24, 2.45) is 0 Å². The molecule has 2 aliphatic rings. The van der Waals surface area contributed by atoms with Crippen LogP contribution in [0.4, 0.5) is 11.4 Å². The van der Waals surface area contributed by atoms with Crippen molar-refractivity contribution in [2.45, 2.75) is 58.3 Å². The first-order chi connectivity index (χ1) is 25.7. The van der Waals surface area contributed by atoms with E-state index in [9.17, 15) is 0 Å². The highest BCUT2D eigenvalue weighted by Crippen LogP contribution is 2.51. The standard InChI is InChI=1S/C49H41BN2S/c1-28-37(23-22-35-44(28)49(4,5)26-25-48(35,2)3)51-46-34(21-24-41-43(46)33-16-9-11-20-40(33)53-41)42-30-14-7-6-13-29(30)27-39-45(42)50-36-18-12-17-32-31-15-8-10-19-38(31)52(39)47(32)36/h6-24,27,50-51H,25-26H2,1-5H3. The van der Waals surface area contributed by atoms with Crippen LogP contribution in [0, 0.1) is 6.92 Å². The molecule has 11 rings (SSSR count). The third kappa shape index (κ3) is 4.33. The highest BCUT2D eigenvalue weighted by molar-refractivity contribution is 7.26. The van der Waals surface area contributed by atoms with Gasteiger partial charge in [-0.3, -0.25) is 0 Å². The average molecular weight is 701 g/mol. The molecule has 53 heavy (non-hydrogen) atoms. The summed E-state index contributed by atoms with van der Waals surface area (Å²) < 4.78 is 5.19. The molecule has 0 bridgehead atoms. The fraction of sp³-hybridized carbons (Fsp3) is 0.184. The van der Waals surface area contributed by atoms with Gasteiger partial charge in [0.15, 0.2) is 7.28 Å². The van der Waals surface area contributed by atoms with E-state index in [1.807, 2.05) is 11.3 Å². The Morgan fingerprint density at radius 3 is 2.28 bits per heavy atom. The number of nitrogens with zero attached hydrogens (tertiary/aromatic N) is 1. The van der Waals surface area contributed by atoms with Crippen molar-refractivity contribution in [3.05, 3.63) is 138 Å². The summed E-state index contributed by atoms with van der Waals surface area (Å²) in [7, 11) is 0.881.